The van der Waals surface area contributed by atoms with Crippen molar-refractivity contribution in [2.45, 2.75) is 25.3 Å². The molecule has 1 aromatic heterocycles. The normalized spacial score (nSPS) is 23.6. The summed E-state index contributed by atoms with van der Waals surface area (Å²) in [4.78, 5) is 22.8. The summed E-state index contributed by atoms with van der Waals surface area (Å²) in [5, 5.41) is 11.7. The first-order valence-corrected chi connectivity index (χ1v) is 6.15. The molecule has 2 rings (SSSR count). The quantitative estimate of drug-likeness (QED) is 0.895. The summed E-state index contributed by atoms with van der Waals surface area (Å²) in [5.74, 6) is -1.54. The Morgan fingerprint density at radius 1 is 1.47 bits per heavy atom. The largest absolute Gasteiger partial charge is 0.481 e. The fourth-order valence-electron chi connectivity index (χ4n) is 2.12. The molecule has 0 aromatic carbocycles. The van der Waals surface area contributed by atoms with E-state index in [0.29, 0.717) is 17.3 Å². The van der Waals surface area contributed by atoms with E-state index in [1.807, 2.05) is 0 Å². The molecule has 0 radical (unpaired) electrons. The third-order valence-corrected chi connectivity index (χ3v) is 3.60. The monoisotopic (exact) mass is 301 g/mol. The summed E-state index contributed by atoms with van der Waals surface area (Å²) in [6, 6.07) is 1.31. The molecule has 1 saturated carbocycles. The third kappa shape index (κ3) is 2.52. The van der Waals surface area contributed by atoms with Gasteiger partial charge < -0.3 is 14.8 Å². The van der Waals surface area contributed by atoms with Crippen LogP contribution in [0.4, 0.5) is 0 Å². The molecular formula is C11H12BrNO4. The molecule has 1 heterocycles. The number of carbonyl (C=O) groups is 2. The highest BCUT2D eigenvalue weighted by Gasteiger charge is 2.34. The fraction of sp³-hybridized carbons (Fsp3) is 0.455. The lowest BCUT2D eigenvalue weighted by molar-refractivity contribution is -0.142. The van der Waals surface area contributed by atoms with Crippen LogP contribution >= 0.6 is 15.9 Å². The zero-order valence-electron chi connectivity index (χ0n) is 8.98. The van der Waals surface area contributed by atoms with E-state index in [1.165, 1.54) is 6.26 Å². The number of carboxylic acids is 1. The number of amides is 1. The molecule has 6 heteroatoms. The Bertz CT molecular complexity index is 442. The topological polar surface area (TPSA) is 79.5 Å². The van der Waals surface area contributed by atoms with Gasteiger partial charge in [-0.3, -0.25) is 9.59 Å². The molecule has 1 aliphatic carbocycles. The van der Waals surface area contributed by atoms with Gasteiger partial charge in [-0.25, -0.2) is 0 Å². The number of carbonyl (C=O) groups excluding carboxylic acids is 1. The van der Waals surface area contributed by atoms with Crippen LogP contribution in [0.5, 0.6) is 0 Å². The van der Waals surface area contributed by atoms with Crippen molar-refractivity contribution in [2.24, 2.45) is 5.92 Å². The lowest BCUT2D eigenvalue weighted by Crippen LogP contribution is -2.40. The van der Waals surface area contributed by atoms with Gasteiger partial charge in [0.05, 0.1) is 16.7 Å². The Morgan fingerprint density at radius 3 is 2.82 bits per heavy atom. The highest BCUT2D eigenvalue weighted by Crippen LogP contribution is 2.26. The van der Waals surface area contributed by atoms with Crippen molar-refractivity contribution >= 4 is 27.8 Å². The number of furan rings is 1. The van der Waals surface area contributed by atoms with E-state index in [2.05, 4.69) is 21.2 Å². The second kappa shape index (κ2) is 4.91. The predicted octanol–water partition coefficient (Wildman–Crippen LogP) is 2.03. The maximum atomic E-state index is 11.8. The molecule has 1 aliphatic rings. The maximum absolute atomic E-state index is 11.8. The molecule has 0 aliphatic heterocycles. The van der Waals surface area contributed by atoms with Crippen molar-refractivity contribution in [1.29, 1.82) is 0 Å². The van der Waals surface area contributed by atoms with Crippen LogP contribution in [0.15, 0.2) is 21.2 Å². The molecule has 2 N–H and O–H groups in total. The summed E-state index contributed by atoms with van der Waals surface area (Å²) in [5.41, 5.74) is 0. The molecule has 0 bridgehead atoms. The van der Waals surface area contributed by atoms with Crippen LogP contribution in [0.1, 0.15) is 29.8 Å². The lowest BCUT2D eigenvalue weighted by Gasteiger charge is -2.16. The fourth-order valence-corrected chi connectivity index (χ4v) is 2.50. The van der Waals surface area contributed by atoms with Gasteiger partial charge in [0, 0.05) is 6.04 Å². The van der Waals surface area contributed by atoms with Crippen molar-refractivity contribution in [3.8, 4) is 0 Å². The smallest absolute Gasteiger partial charge is 0.308 e. The Labute approximate surface area is 106 Å². The molecule has 1 fully saturated rings. The predicted molar refractivity (Wildman–Crippen MR) is 62.6 cm³/mol. The van der Waals surface area contributed by atoms with Crippen molar-refractivity contribution in [2.75, 3.05) is 0 Å². The number of hydrogen-bond acceptors (Lipinski definition) is 3. The summed E-state index contributed by atoms with van der Waals surface area (Å²) < 4.78 is 5.60. The minimum Gasteiger partial charge on any atom is -0.481 e. The molecule has 1 aromatic rings. The van der Waals surface area contributed by atoms with Gasteiger partial charge in [0.1, 0.15) is 0 Å². The van der Waals surface area contributed by atoms with Gasteiger partial charge in [0.15, 0.2) is 0 Å². The Morgan fingerprint density at radius 2 is 2.24 bits per heavy atom. The highest BCUT2D eigenvalue weighted by molar-refractivity contribution is 9.10. The molecule has 1 amide bonds. The zero-order chi connectivity index (χ0) is 12.4. The number of nitrogens with one attached hydrogen (secondary N) is 1. The van der Waals surface area contributed by atoms with Crippen LogP contribution in [0.2, 0.25) is 0 Å². The van der Waals surface area contributed by atoms with Crippen LogP contribution < -0.4 is 5.32 Å². The molecule has 0 saturated heterocycles. The van der Waals surface area contributed by atoms with Gasteiger partial charge in [0.2, 0.25) is 5.76 Å². The molecule has 92 valence electrons. The Hall–Kier alpha value is -1.30. The van der Waals surface area contributed by atoms with Gasteiger partial charge in [-0.05, 0) is 34.8 Å². The average molecular weight is 302 g/mol. The van der Waals surface area contributed by atoms with E-state index in [4.69, 9.17) is 9.52 Å². The van der Waals surface area contributed by atoms with Crippen molar-refractivity contribution in [3.63, 3.8) is 0 Å². The SMILES string of the molecule is O=C(N[C@H]1CCC[C@H]1C(=O)O)c1occc1Br. The van der Waals surface area contributed by atoms with Crippen LogP contribution in [-0.4, -0.2) is 23.0 Å². The summed E-state index contributed by atoms with van der Waals surface area (Å²) in [6.07, 6.45) is 3.53. The molecule has 2 atom stereocenters. The van der Waals surface area contributed by atoms with Gasteiger partial charge >= 0.3 is 5.97 Å². The summed E-state index contributed by atoms with van der Waals surface area (Å²) in [7, 11) is 0. The van der Waals surface area contributed by atoms with Crippen LogP contribution in [-0.2, 0) is 4.79 Å². The van der Waals surface area contributed by atoms with E-state index in [9.17, 15) is 9.59 Å². The summed E-state index contributed by atoms with van der Waals surface area (Å²) in [6.45, 7) is 0. The second-order valence-corrected chi connectivity index (χ2v) is 4.91. The Kier molecular flexibility index (Phi) is 3.51. The van der Waals surface area contributed by atoms with E-state index in [1.54, 1.807) is 6.07 Å². The highest BCUT2D eigenvalue weighted by atomic mass is 79.9. The zero-order valence-corrected chi connectivity index (χ0v) is 10.6. The number of aliphatic carboxylic acids is 1. The summed E-state index contributed by atoms with van der Waals surface area (Å²) >= 11 is 3.19. The Balaban J connectivity index is 2.04. The van der Waals surface area contributed by atoms with Gasteiger partial charge in [-0.2, -0.15) is 0 Å². The van der Waals surface area contributed by atoms with Crippen LogP contribution in [0.3, 0.4) is 0 Å². The minimum absolute atomic E-state index is 0.182. The molecule has 5 nitrogen and oxygen atoms in total. The van der Waals surface area contributed by atoms with Crippen molar-refractivity contribution in [1.82, 2.24) is 5.32 Å². The van der Waals surface area contributed by atoms with Crippen LogP contribution in [0, 0.1) is 5.92 Å². The maximum Gasteiger partial charge on any atom is 0.308 e. The lowest BCUT2D eigenvalue weighted by atomic mass is 10.0. The minimum atomic E-state index is -0.855. The van der Waals surface area contributed by atoms with E-state index < -0.39 is 11.9 Å². The van der Waals surface area contributed by atoms with Crippen molar-refractivity contribution in [3.05, 3.63) is 22.6 Å². The molecule has 17 heavy (non-hydrogen) atoms. The van der Waals surface area contributed by atoms with Crippen LogP contribution in [0.25, 0.3) is 0 Å². The van der Waals surface area contributed by atoms with E-state index in [0.717, 1.165) is 6.42 Å². The third-order valence-electron chi connectivity index (χ3n) is 2.97. The number of carboxylic acid groups (broad SMARTS) is 1. The number of rotatable bonds is 3. The van der Waals surface area contributed by atoms with Gasteiger partial charge in [-0.15, -0.1) is 0 Å². The van der Waals surface area contributed by atoms with Crippen molar-refractivity contribution < 1.29 is 19.1 Å². The molecular weight excluding hydrogens is 290 g/mol. The van der Waals surface area contributed by atoms with Gasteiger partial charge in [0.25, 0.3) is 5.91 Å². The first-order chi connectivity index (χ1) is 8.09. The standard InChI is InChI=1S/C11H12BrNO4/c12-7-4-5-17-9(7)10(14)13-8-3-1-2-6(8)11(15)16/h4-6,8H,1-3H2,(H,13,14)(H,15,16)/t6-,8+/m1/s1. The molecule has 0 spiro atoms. The first-order valence-electron chi connectivity index (χ1n) is 5.36. The average Bonchev–Trinajstić information content (AvgIpc) is 2.86. The van der Waals surface area contributed by atoms with E-state index >= 15 is 0 Å². The second-order valence-electron chi connectivity index (χ2n) is 4.05. The number of hydrogen-bond donors (Lipinski definition) is 2. The van der Waals surface area contributed by atoms with Gasteiger partial charge in [-0.1, -0.05) is 6.42 Å². The van der Waals surface area contributed by atoms with E-state index in [-0.39, 0.29) is 17.7 Å². The molecule has 0 unspecified atom stereocenters. The number of halogens is 1. The first kappa shape index (κ1) is 12.2.